The van der Waals surface area contributed by atoms with Crippen LogP contribution < -0.4 is 0 Å². The van der Waals surface area contributed by atoms with Gasteiger partial charge < -0.3 is 0 Å². The van der Waals surface area contributed by atoms with Crippen molar-refractivity contribution >= 4 is 11.6 Å². The molecule has 0 heterocycles. The monoisotopic (exact) mass is 174 g/mol. The first-order valence-electron chi connectivity index (χ1n) is 4.80. The minimum absolute atomic E-state index is 0.811. The van der Waals surface area contributed by atoms with Crippen LogP contribution in [0.5, 0.6) is 0 Å². The van der Waals surface area contributed by atoms with Gasteiger partial charge in [0.2, 0.25) is 0 Å². The van der Waals surface area contributed by atoms with Gasteiger partial charge >= 0.3 is 0 Å². The van der Waals surface area contributed by atoms with Gasteiger partial charge in [0.1, 0.15) is 0 Å². The summed E-state index contributed by atoms with van der Waals surface area (Å²) in [6.07, 6.45) is 5.64. The summed E-state index contributed by atoms with van der Waals surface area (Å²) in [6, 6.07) is 0. The highest BCUT2D eigenvalue weighted by molar-refractivity contribution is 6.18. The van der Waals surface area contributed by atoms with Crippen LogP contribution in [-0.2, 0) is 0 Å². The molecular formula is C10H19Cl. The largest absolute Gasteiger partial charge is 0.126 e. The normalized spacial score (nSPS) is 21.8. The Hall–Kier alpha value is 0.290. The van der Waals surface area contributed by atoms with Crippen molar-refractivity contribution in [1.29, 1.82) is 0 Å². The standard InChI is InChI=1S/C10H19Cl/c1-8(2)6-10(7-11)9-4-3-5-9/h8-10H,3-7H2,1-2H3. The first-order chi connectivity index (χ1) is 5.24. The van der Waals surface area contributed by atoms with Crippen LogP contribution in [0.2, 0.25) is 0 Å². The molecule has 66 valence electrons. The van der Waals surface area contributed by atoms with Crippen LogP contribution in [0.25, 0.3) is 0 Å². The molecule has 0 aliphatic heterocycles. The molecule has 1 rings (SSSR count). The lowest BCUT2D eigenvalue weighted by Crippen LogP contribution is -2.24. The van der Waals surface area contributed by atoms with Gasteiger partial charge in [-0.05, 0) is 24.2 Å². The molecule has 1 atom stereocenters. The quantitative estimate of drug-likeness (QED) is 0.571. The zero-order chi connectivity index (χ0) is 8.27. The Kier molecular flexibility index (Phi) is 3.71. The Morgan fingerprint density at radius 1 is 1.36 bits per heavy atom. The zero-order valence-electron chi connectivity index (χ0n) is 7.65. The lowest BCUT2D eigenvalue weighted by atomic mass is 9.74. The summed E-state index contributed by atoms with van der Waals surface area (Å²) < 4.78 is 0. The maximum atomic E-state index is 5.92. The molecular weight excluding hydrogens is 156 g/mol. The predicted octanol–water partition coefficient (Wildman–Crippen LogP) is 3.69. The van der Waals surface area contributed by atoms with E-state index in [-0.39, 0.29) is 0 Å². The van der Waals surface area contributed by atoms with Gasteiger partial charge in [-0.15, -0.1) is 11.6 Å². The second-order valence-corrected chi connectivity index (χ2v) is 4.54. The summed E-state index contributed by atoms with van der Waals surface area (Å²) in [4.78, 5) is 0. The van der Waals surface area contributed by atoms with E-state index in [1.54, 1.807) is 0 Å². The molecule has 0 nitrogen and oxygen atoms in total. The van der Waals surface area contributed by atoms with E-state index >= 15 is 0 Å². The Morgan fingerprint density at radius 3 is 2.27 bits per heavy atom. The van der Waals surface area contributed by atoms with E-state index in [9.17, 15) is 0 Å². The fraction of sp³-hybridized carbons (Fsp3) is 1.00. The van der Waals surface area contributed by atoms with Gasteiger partial charge in [-0.25, -0.2) is 0 Å². The molecule has 1 aliphatic rings. The molecule has 0 aromatic carbocycles. The van der Waals surface area contributed by atoms with E-state index in [4.69, 9.17) is 11.6 Å². The van der Waals surface area contributed by atoms with Crippen molar-refractivity contribution in [2.24, 2.45) is 17.8 Å². The summed E-state index contributed by atoms with van der Waals surface area (Å²) in [5.41, 5.74) is 0. The lowest BCUT2D eigenvalue weighted by molar-refractivity contribution is 0.198. The third kappa shape index (κ3) is 2.66. The number of hydrogen-bond acceptors (Lipinski definition) is 0. The molecule has 0 N–H and O–H groups in total. The van der Waals surface area contributed by atoms with Gasteiger partial charge in [-0.2, -0.15) is 0 Å². The maximum Gasteiger partial charge on any atom is 0.0254 e. The summed E-state index contributed by atoms with van der Waals surface area (Å²) in [7, 11) is 0. The van der Waals surface area contributed by atoms with E-state index in [0.717, 1.165) is 23.6 Å². The van der Waals surface area contributed by atoms with E-state index in [1.165, 1.54) is 25.7 Å². The van der Waals surface area contributed by atoms with Crippen LogP contribution in [0.15, 0.2) is 0 Å². The molecule has 0 amide bonds. The number of rotatable bonds is 4. The summed E-state index contributed by atoms with van der Waals surface area (Å²) in [5.74, 6) is 3.47. The van der Waals surface area contributed by atoms with Crippen LogP contribution in [0.4, 0.5) is 0 Å². The van der Waals surface area contributed by atoms with Crippen LogP contribution in [0.3, 0.4) is 0 Å². The highest BCUT2D eigenvalue weighted by Gasteiger charge is 2.26. The van der Waals surface area contributed by atoms with Gasteiger partial charge in [0.25, 0.3) is 0 Å². The molecule has 0 spiro atoms. The molecule has 0 bridgehead atoms. The number of hydrogen-bond donors (Lipinski definition) is 0. The highest BCUT2D eigenvalue weighted by atomic mass is 35.5. The van der Waals surface area contributed by atoms with Gasteiger partial charge in [0.05, 0.1) is 0 Å². The summed E-state index contributed by atoms with van der Waals surface area (Å²) in [5, 5.41) is 0. The van der Waals surface area contributed by atoms with Crippen LogP contribution >= 0.6 is 11.6 Å². The Labute approximate surface area is 75.3 Å². The smallest absolute Gasteiger partial charge is 0.0254 e. The summed E-state index contributed by atoms with van der Waals surface area (Å²) >= 11 is 5.92. The predicted molar refractivity (Wildman–Crippen MR) is 51.0 cm³/mol. The number of alkyl halides is 1. The second-order valence-electron chi connectivity index (χ2n) is 4.23. The first kappa shape index (κ1) is 9.38. The number of halogens is 1. The Morgan fingerprint density at radius 2 is 2.00 bits per heavy atom. The molecule has 1 saturated carbocycles. The molecule has 0 saturated heterocycles. The van der Waals surface area contributed by atoms with Crippen molar-refractivity contribution in [2.75, 3.05) is 5.88 Å². The fourth-order valence-corrected chi connectivity index (χ4v) is 2.28. The Balaban J connectivity index is 2.23. The summed E-state index contributed by atoms with van der Waals surface area (Å²) in [6.45, 7) is 4.58. The van der Waals surface area contributed by atoms with E-state index in [2.05, 4.69) is 13.8 Å². The molecule has 1 fully saturated rings. The average molecular weight is 175 g/mol. The van der Waals surface area contributed by atoms with Crippen molar-refractivity contribution < 1.29 is 0 Å². The van der Waals surface area contributed by atoms with Crippen molar-refractivity contribution in [3.05, 3.63) is 0 Å². The van der Waals surface area contributed by atoms with Crippen molar-refractivity contribution in [1.82, 2.24) is 0 Å². The highest BCUT2D eigenvalue weighted by Crippen LogP contribution is 2.37. The fourth-order valence-electron chi connectivity index (χ4n) is 1.90. The van der Waals surface area contributed by atoms with Crippen LogP contribution in [0.1, 0.15) is 39.5 Å². The SMILES string of the molecule is CC(C)CC(CCl)C1CCC1. The van der Waals surface area contributed by atoms with E-state index in [1.807, 2.05) is 0 Å². The molecule has 1 aliphatic carbocycles. The average Bonchev–Trinajstić information content (AvgIpc) is 1.81. The van der Waals surface area contributed by atoms with Gasteiger partial charge in [0, 0.05) is 5.88 Å². The topological polar surface area (TPSA) is 0 Å². The minimum Gasteiger partial charge on any atom is -0.126 e. The van der Waals surface area contributed by atoms with Crippen molar-refractivity contribution in [3.63, 3.8) is 0 Å². The Bertz CT molecular complexity index is 105. The molecule has 0 aromatic rings. The molecule has 11 heavy (non-hydrogen) atoms. The van der Waals surface area contributed by atoms with E-state index < -0.39 is 0 Å². The first-order valence-corrected chi connectivity index (χ1v) is 5.33. The third-order valence-electron chi connectivity index (χ3n) is 2.79. The molecule has 1 unspecified atom stereocenters. The van der Waals surface area contributed by atoms with Gasteiger partial charge in [-0.3, -0.25) is 0 Å². The molecule has 1 heteroatoms. The van der Waals surface area contributed by atoms with Crippen LogP contribution in [-0.4, -0.2) is 5.88 Å². The lowest BCUT2D eigenvalue weighted by Gasteiger charge is -2.33. The molecule has 0 aromatic heterocycles. The van der Waals surface area contributed by atoms with Crippen molar-refractivity contribution in [2.45, 2.75) is 39.5 Å². The van der Waals surface area contributed by atoms with Gasteiger partial charge in [0.15, 0.2) is 0 Å². The van der Waals surface area contributed by atoms with Crippen LogP contribution in [0, 0.1) is 17.8 Å². The molecule has 0 radical (unpaired) electrons. The third-order valence-corrected chi connectivity index (χ3v) is 3.19. The van der Waals surface area contributed by atoms with Gasteiger partial charge in [-0.1, -0.05) is 33.1 Å². The zero-order valence-corrected chi connectivity index (χ0v) is 8.40. The van der Waals surface area contributed by atoms with E-state index in [0.29, 0.717) is 0 Å². The minimum atomic E-state index is 0.811. The van der Waals surface area contributed by atoms with Crippen molar-refractivity contribution in [3.8, 4) is 0 Å². The maximum absolute atomic E-state index is 5.92. The second kappa shape index (κ2) is 4.35.